The Balaban J connectivity index is 1.87. The minimum atomic E-state index is -4.62. The molecule has 0 bridgehead atoms. The van der Waals surface area contributed by atoms with Crippen molar-refractivity contribution in [3.63, 3.8) is 0 Å². The first-order valence-corrected chi connectivity index (χ1v) is 9.91. The maximum Gasteiger partial charge on any atom is 0.433 e. The maximum absolute atomic E-state index is 13.2. The number of pyridine rings is 1. The monoisotopic (exact) mass is 386 g/mol. The van der Waals surface area contributed by atoms with Crippen molar-refractivity contribution in [2.24, 2.45) is 5.41 Å². The first-order chi connectivity index (χ1) is 12.1. The Bertz CT molecular complexity index is 897. The number of nitrogens with zero attached hydrogens (tertiary/aromatic N) is 3. The number of anilines is 1. The summed E-state index contributed by atoms with van der Waals surface area (Å²) in [7, 11) is -3.17. The molecule has 6 nitrogen and oxygen atoms in total. The lowest BCUT2D eigenvalue weighted by Crippen LogP contribution is -2.24. The highest BCUT2D eigenvalue weighted by molar-refractivity contribution is 7.90. The molecule has 2 aromatic rings. The SMILES string of the molecule is CS(=O)(=O)CC1(CNc2cc(C(F)(F)F)nc(-c3cccnc3)n2)CC1. The van der Waals surface area contributed by atoms with Gasteiger partial charge in [-0.2, -0.15) is 13.2 Å². The molecular weight excluding hydrogens is 369 g/mol. The van der Waals surface area contributed by atoms with E-state index < -0.39 is 27.1 Å². The van der Waals surface area contributed by atoms with Crippen LogP contribution in [-0.2, 0) is 16.0 Å². The molecule has 0 amide bonds. The van der Waals surface area contributed by atoms with Gasteiger partial charge < -0.3 is 5.32 Å². The standard InChI is InChI=1S/C16H17F3N4O2S/c1-26(24,25)10-15(4-5-15)9-21-13-7-12(16(17,18)19)22-14(23-13)11-3-2-6-20-8-11/h2-3,6-8H,4-5,9-10H2,1H3,(H,21,22,23). The predicted molar refractivity (Wildman–Crippen MR) is 90.1 cm³/mol. The average Bonchev–Trinajstić information content (AvgIpc) is 3.30. The Morgan fingerprint density at radius 3 is 2.54 bits per heavy atom. The van der Waals surface area contributed by atoms with Crippen molar-refractivity contribution in [3.8, 4) is 11.4 Å². The maximum atomic E-state index is 13.2. The van der Waals surface area contributed by atoms with Gasteiger partial charge in [-0.1, -0.05) is 0 Å². The lowest BCUT2D eigenvalue weighted by atomic mass is 10.1. The molecule has 0 unspecified atom stereocenters. The van der Waals surface area contributed by atoms with Crippen molar-refractivity contribution >= 4 is 15.7 Å². The molecule has 1 fully saturated rings. The third kappa shape index (κ3) is 4.69. The first kappa shape index (κ1) is 18.6. The second-order valence-corrected chi connectivity index (χ2v) is 8.77. The van der Waals surface area contributed by atoms with Crippen LogP contribution >= 0.6 is 0 Å². The number of hydrogen-bond acceptors (Lipinski definition) is 6. The summed E-state index contributed by atoms with van der Waals surface area (Å²) in [5.74, 6) is -0.0889. The van der Waals surface area contributed by atoms with Gasteiger partial charge in [0.05, 0.1) is 5.75 Å². The summed E-state index contributed by atoms with van der Waals surface area (Å²) in [6.45, 7) is 0.237. The molecule has 1 N–H and O–H groups in total. The van der Waals surface area contributed by atoms with E-state index in [9.17, 15) is 21.6 Å². The minimum Gasteiger partial charge on any atom is -0.369 e. The van der Waals surface area contributed by atoms with Gasteiger partial charge in [0.15, 0.2) is 11.5 Å². The van der Waals surface area contributed by atoms with E-state index >= 15 is 0 Å². The quantitative estimate of drug-likeness (QED) is 0.822. The number of aromatic nitrogens is 3. The predicted octanol–water partition coefficient (Wildman–Crippen LogP) is 2.79. The van der Waals surface area contributed by atoms with E-state index in [1.165, 1.54) is 12.4 Å². The van der Waals surface area contributed by atoms with Crippen LogP contribution in [0.25, 0.3) is 11.4 Å². The summed E-state index contributed by atoms with van der Waals surface area (Å²) in [4.78, 5) is 11.6. The summed E-state index contributed by atoms with van der Waals surface area (Å²) in [5.41, 5.74) is -1.15. The molecule has 10 heteroatoms. The second-order valence-electron chi connectivity index (χ2n) is 6.63. The largest absolute Gasteiger partial charge is 0.433 e. The molecule has 0 aliphatic heterocycles. The minimum absolute atomic E-state index is 0.000323. The van der Waals surface area contributed by atoms with E-state index in [1.54, 1.807) is 12.1 Å². The van der Waals surface area contributed by atoms with Crippen molar-refractivity contribution in [2.75, 3.05) is 23.9 Å². The van der Waals surface area contributed by atoms with Gasteiger partial charge in [-0.05, 0) is 25.0 Å². The number of alkyl halides is 3. The van der Waals surface area contributed by atoms with Crippen molar-refractivity contribution in [1.29, 1.82) is 0 Å². The summed E-state index contributed by atoms with van der Waals surface area (Å²) >= 11 is 0. The van der Waals surface area contributed by atoms with Crippen LogP contribution < -0.4 is 5.32 Å². The molecule has 0 aromatic carbocycles. The number of hydrogen-bond donors (Lipinski definition) is 1. The molecule has 2 aromatic heterocycles. The fraction of sp³-hybridized carbons (Fsp3) is 0.438. The molecular formula is C16H17F3N4O2S. The van der Waals surface area contributed by atoms with E-state index in [-0.39, 0.29) is 23.9 Å². The van der Waals surface area contributed by atoms with E-state index in [0.717, 1.165) is 12.3 Å². The van der Waals surface area contributed by atoms with Gasteiger partial charge in [0.2, 0.25) is 0 Å². The van der Waals surface area contributed by atoms with Crippen LogP contribution in [0.3, 0.4) is 0 Å². The molecule has 0 atom stereocenters. The smallest absolute Gasteiger partial charge is 0.369 e. The number of rotatable bonds is 6. The lowest BCUT2D eigenvalue weighted by Gasteiger charge is -2.16. The topological polar surface area (TPSA) is 84.8 Å². The zero-order chi connectivity index (χ0) is 19.0. The summed E-state index contributed by atoms with van der Waals surface area (Å²) in [6.07, 6.45) is 0.823. The fourth-order valence-corrected chi connectivity index (χ4v) is 4.19. The van der Waals surface area contributed by atoms with Gasteiger partial charge in [0.1, 0.15) is 15.7 Å². The van der Waals surface area contributed by atoms with Crippen LogP contribution in [0.5, 0.6) is 0 Å². The Morgan fingerprint density at radius 1 is 1.27 bits per heavy atom. The molecule has 1 aliphatic carbocycles. The van der Waals surface area contributed by atoms with Gasteiger partial charge in [-0.15, -0.1) is 0 Å². The van der Waals surface area contributed by atoms with E-state index in [4.69, 9.17) is 0 Å². The Kier molecular flexibility index (Phi) is 4.63. The molecule has 0 radical (unpaired) electrons. The van der Waals surface area contributed by atoms with Crippen molar-refractivity contribution < 1.29 is 21.6 Å². The zero-order valence-electron chi connectivity index (χ0n) is 13.9. The van der Waals surface area contributed by atoms with E-state index in [0.29, 0.717) is 18.4 Å². The first-order valence-electron chi connectivity index (χ1n) is 7.85. The highest BCUT2D eigenvalue weighted by atomic mass is 32.2. The van der Waals surface area contributed by atoms with E-state index in [1.807, 2.05) is 0 Å². The van der Waals surface area contributed by atoms with Crippen LogP contribution in [0.15, 0.2) is 30.6 Å². The highest BCUT2D eigenvalue weighted by Gasteiger charge is 2.45. The summed E-state index contributed by atoms with van der Waals surface area (Å²) in [6, 6.07) is 3.98. The van der Waals surface area contributed by atoms with Gasteiger partial charge in [0, 0.05) is 42.2 Å². The van der Waals surface area contributed by atoms with Crippen LogP contribution in [0.1, 0.15) is 18.5 Å². The summed E-state index contributed by atoms with van der Waals surface area (Å²) < 4.78 is 62.5. The summed E-state index contributed by atoms with van der Waals surface area (Å²) in [5, 5.41) is 2.86. The molecule has 2 heterocycles. The molecule has 0 saturated heterocycles. The van der Waals surface area contributed by atoms with Crippen LogP contribution in [0, 0.1) is 5.41 Å². The lowest BCUT2D eigenvalue weighted by molar-refractivity contribution is -0.141. The number of halogens is 3. The molecule has 0 spiro atoms. The second kappa shape index (κ2) is 6.49. The van der Waals surface area contributed by atoms with Crippen LogP contribution in [0.2, 0.25) is 0 Å². The molecule has 1 aliphatic rings. The van der Waals surface area contributed by atoms with Crippen molar-refractivity contribution in [3.05, 3.63) is 36.3 Å². The van der Waals surface area contributed by atoms with Gasteiger partial charge >= 0.3 is 6.18 Å². The molecule has 3 rings (SSSR count). The van der Waals surface area contributed by atoms with Gasteiger partial charge in [0.25, 0.3) is 0 Å². The van der Waals surface area contributed by atoms with E-state index in [2.05, 4.69) is 20.3 Å². The zero-order valence-corrected chi connectivity index (χ0v) is 14.7. The number of sulfone groups is 1. The van der Waals surface area contributed by atoms with Gasteiger partial charge in [-0.3, -0.25) is 4.98 Å². The van der Waals surface area contributed by atoms with Crippen LogP contribution in [-0.4, -0.2) is 41.9 Å². The third-order valence-corrected chi connectivity index (χ3v) is 5.24. The molecule has 140 valence electrons. The third-order valence-electron chi connectivity index (χ3n) is 4.11. The highest BCUT2D eigenvalue weighted by Crippen LogP contribution is 2.46. The Hall–Kier alpha value is -2.23. The number of nitrogens with one attached hydrogen (secondary N) is 1. The van der Waals surface area contributed by atoms with Gasteiger partial charge in [-0.25, -0.2) is 18.4 Å². The average molecular weight is 386 g/mol. The molecule has 1 saturated carbocycles. The molecule has 26 heavy (non-hydrogen) atoms. The van der Waals surface area contributed by atoms with Crippen LogP contribution in [0.4, 0.5) is 19.0 Å². The Labute approximate surface area is 148 Å². The normalized spacial score (nSPS) is 16.3. The Morgan fingerprint density at radius 2 is 2.00 bits per heavy atom. The fourth-order valence-electron chi connectivity index (χ4n) is 2.69. The van der Waals surface area contributed by atoms with Crippen molar-refractivity contribution in [2.45, 2.75) is 19.0 Å². The van der Waals surface area contributed by atoms with Crippen molar-refractivity contribution in [1.82, 2.24) is 15.0 Å².